The second-order valence-corrected chi connectivity index (χ2v) is 5.43. The molecule has 3 rings (SSSR count). The van der Waals surface area contributed by atoms with E-state index in [1.165, 1.54) is 32.5 Å². The van der Waals surface area contributed by atoms with Crippen LogP contribution in [-0.2, 0) is 11.3 Å². The summed E-state index contributed by atoms with van der Waals surface area (Å²) in [5.74, 6) is -0.302. The summed E-state index contributed by atoms with van der Waals surface area (Å²) in [5, 5.41) is 0. The van der Waals surface area contributed by atoms with Crippen LogP contribution in [-0.4, -0.2) is 35.1 Å². The number of aromatic nitrogens is 3. The highest BCUT2D eigenvalue weighted by atomic mass is 16.5. The average Bonchev–Trinajstić information content (AvgIpc) is 2.72. The summed E-state index contributed by atoms with van der Waals surface area (Å²) >= 11 is 0. The van der Waals surface area contributed by atoms with Gasteiger partial charge in [-0.1, -0.05) is 30.3 Å². The molecule has 0 aliphatic heterocycles. The first-order valence-electron chi connectivity index (χ1n) is 8.02. The zero-order valence-corrected chi connectivity index (χ0v) is 14.8. The van der Waals surface area contributed by atoms with E-state index in [0.29, 0.717) is 0 Å². The lowest BCUT2D eigenvalue weighted by Gasteiger charge is -2.10. The number of aromatic amines is 1. The number of carbonyl (C=O) groups is 1. The minimum Gasteiger partial charge on any atom is -0.481 e. The first kappa shape index (κ1) is 18.1. The van der Waals surface area contributed by atoms with Crippen LogP contribution in [0.3, 0.4) is 0 Å². The van der Waals surface area contributed by atoms with Gasteiger partial charge in [-0.2, -0.15) is 9.97 Å². The van der Waals surface area contributed by atoms with E-state index in [2.05, 4.69) is 15.0 Å². The molecular weight excluding hydrogens is 350 g/mol. The van der Waals surface area contributed by atoms with Crippen molar-refractivity contribution in [1.29, 1.82) is 0 Å². The molecule has 1 aromatic carbocycles. The van der Waals surface area contributed by atoms with Gasteiger partial charge in [0.05, 0.1) is 25.8 Å². The number of benzene rings is 1. The lowest BCUT2D eigenvalue weighted by Crippen LogP contribution is -2.17. The van der Waals surface area contributed by atoms with Crippen LogP contribution in [0, 0.1) is 0 Å². The van der Waals surface area contributed by atoms with E-state index >= 15 is 0 Å². The molecule has 27 heavy (non-hydrogen) atoms. The summed E-state index contributed by atoms with van der Waals surface area (Å²) in [7, 11) is 2.85. The van der Waals surface area contributed by atoms with Crippen molar-refractivity contribution in [1.82, 2.24) is 15.0 Å². The highest BCUT2D eigenvalue weighted by Crippen LogP contribution is 2.22. The molecular formula is C19H17N3O5. The van der Waals surface area contributed by atoms with Crippen LogP contribution in [0.5, 0.6) is 11.8 Å². The van der Waals surface area contributed by atoms with Crippen LogP contribution in [0.4, 0.5) is 0 Å². The molecule has 3 aromatic rings. The Morgan fingerprint density at radius 3 is 2.33 bits per heavy atom. The zero-order valence-electron chi connectivity index (χ0n) is 14.8. The number of ether oxygens (including phenoxy) is 3. The molecule has 0 atom stereocenters. The summed E-state index contributed by atoms with van der Waals surface area (Å²) in [6.45, 7) is 0.0678. The minimum atomic E-state index is -0.697. The Hall–Kier alpha value is -3.68. The van der Waals surface area contributed by atoms with Gasteiger partial charge in [-0.05, 0) is 5.56 Å². The molecule has 0 amide bonds. The van der Waals surface area contributed by atoms with Gasteiger partial charge in [-0.25, -0.2) is 4.79 Å². The van der Waals surface area contributed by atoms with Gasteiger partial charge < -0.3 is 19.2 Å². The number of carbonyl (C=O) groups excluding carboxylic acids is 1. The van der Waals surface area contributed by atoms with Crippen molar-refractivity contribution in [3.8, 4) is 23.1 Å². The van der Waals surface area contributed by atoms with Crippen LogP contribution >= 0.6 is 0 Å². The van der Waals surface area contributed by atoms with Crippen LogP contribution in [0.25, 0.3) is 11.4 Å². The first-order chi connectivity index (χ1) is 13.1. The van der Waals surface area contributed by atoms with Crippen LogP contribution in [0.1, 0.15) is 16.1 Å². The van der Waals surface area contributed by atoms with Gasteiger partial charge in [0.25, 0.3) is 0 Å². The Morgan fingerprint density at radius 1 is 1.04 bits per heavy atom. The molecule has 0 radical (unpaired) electrons. The fraction of sp³-hybridized carbons (Fsp3) is 0.158. The number of H-pyrrole nitrogens is 1. The molecule has 0 saturated heterocycles. The SMILES string of the molecule is COc1cc(OC)nc(-c2c(C(=O)OCc3ccccc3)[nH]ccc2=O)n1. The summed E-state index contributed by atoms with van der Waals surface area (Å²) in [4.78, 5) is 36.0. The summed E-state index contributed by atoms with van der Waals surface area (Å²) < 4.78 is 15.5. The molecule has 0 aliphatic carbocycles. The molecule has 2 heterocycles. The lowest BCUT2D eigenvalue weighted by atomic mass is 10.1. The summed E-state index contributed by atoms with van der Waals surface area (Å²) in [5.41, 5.74) is 0.321. The van der Waals surface area contributed by atoms with Crippen molar-refractivity contribution >= 4 is 5.97 Å². The maximum atomic E-state index is 12.6. The van der Waals surface area contributed by atoms with E-state index in [0.717, 1.165) is 5.56 Å². The van der Waals surface area contributed by atoms with Crippen LogP contribution in [0.2, 0.25) is 0 Å². The van der Waals surface area contributed by atoms with Gasteiger partial charge >= 0.3 is 5.97 Å². The predicted octanol–water partition coefficient (Wildman–Crippen LogP) is 2.21. The molecule has 0 aliphatic rings. The maximum Gasteiger partial charge on any atom is 0.355 e. The maximum absolute atomic E-state index is 12.6. The molecule has 1 N–H and O–H groups in total. The predicted molar refractivity (Wildman–Crippen MR) is 96.8 cm³/mol. The Labute approximate surface area is 154 Å². The van der Waals surface area contributed by atoms with Gasteiger partial charge in [0.2, 0.25) is 11.8 Å². The van der Waals surface area contributed by atoms with Gasteiger partial charge in [0.1, 0.15) is 12.3 Å². The van der Waals surface area contributed by atoms with Gasteiger partial charge in [0, 0.05) is 12.3 Å². The number of hydrogen-bond donors (Lipinski definition) is 1. The number of methoxy groups -OCH3 is 2. The summed E-state index contributed by atoms with van der Waals surface area (Å²) in [6, 6.07) is 12.0. The van der Waals surface area contributed by atoms with E-state index in [1.54, 1.807) is 0 Å². The number of pyridine rings is 1. The second kappa shape index (κ2) is 8.13. The van der Waals surface area contributed by atoms with Crippen molar-refractivity contribution < 1.29 is 19.0 Å². The number of hydrogen-bond acceptors (Lipinski definition) is 7. The molecule has 2 aromatic heterocycles. The quantitative estimate of drug-likeness (QED) is 0.666. The Balaban J connectivity index is 1.98. The standard InChI is InChI=1S/C19H17N3O5/c1-25-14-10-15(26-2)22-18(21-14)16-13(23)8-9-20-17(16)19(24)27-11-12-6-4-3-5-7-12/h3-10H,11H2,1-2H3,(H,20,23). The van der Waals surface area contributed by atoms with Gasteiger partial charge in [0.15, 0.2) is 11.3 Å². The molecule has 138 valence electrons. The van der Waals surface area contributed by atoms with Gasteiger partial charge in [-0.3, -0.25) is 4.79 Å². The average molecular weight is 367 g/mol. The molecule has 0 bridgehead atoms. The van der Waals surface area contributed by atoms with E-state index in [-0.39, 0.29) is 35.4 Å². The van der Waals surface area contributed by atoms with Crippen LogP contribution < -0.4 is 14.9 Å². The monoisotopic (exact) mass is 367 g/mol. The molecule has 8 nitrogen and oxygen atoms in total. The largest absolute Gasteiger partial charge is 0.481 e. The number of nitrogens with one attached hydrogen (secondary N) is 1. The summed E-state index contributed by atoms with van der Waals surface area (Å²) in [6.07, 6.45) is 1.36. The zero-order chi connectivity index (χ0) is 19.2. The molecule has 0 spiro atoms. The van der Waals surface area contributed by atoms with Gasteiger partial charge in [-0.15, -0.1) is 0 Å². The fourth-order valence-corrected chi connectivity index (χ4v) is 2.38. The first-order valence-corrected chi connectivity index (χ1v) is 8.02. The second-order valence-electron chi connectivity index (χ2n) is 5.43. The van der Waals surface area contributed by atoms with Crippen molar-refractivity contribution in [2.75, 3.05) is 14.2 Å². The molecule has 8 heteroatoms. The van der Waals surface area contributed by atoms with E-state index in [4.69, 9.17) is 14.2 Å². The normalized spacial score (nSPS) is 10.3. The molecule has 0 fully saturated rings. The van der Waals surface area contributed by atoms with Crippen molar-refractivity contribution in [3.63, 3.8) is 0 Å². The van der Waals surface area contributed by atoms with Crippen LogP contribution in [0.15, 0.2) is 53.5 Å². The van der Waals surface area contributed by atoms with Crippen molar-refractivity contribution in [2.24, 2.45) is 0 Å². The van der Waals surface area contributed by atoms with E-state index < -0.39 is 11.4 Å². The third kappa shape index (κ3) is 4.12. The Morgan fingerprint density at radius 2 is 1.70 bits per heavy atom. The smallest absolute Gasteiger partial charge is 0.355 e. The third-order valence-corrected chi connectivity index (χ3v) is 3.70. The van der Waals surface area contributed by atoms with E-state index in [9.17, 15) is 9.59 Å². The van der Waals surface area contributed by atoms with E-state index in [1.807, 2.05) is 30.3 Å². The minimum absolute atomic E-state index is 0.000267. The topological polar surface area (TPSA) is 103 Å². The van der Waals surface area contributed by atoms with Crippen molar-refractivity contribution in [2.45, 2.75) is 6.61 Å². The number of esters is 1. The highest BCUT2D eigenvalue weighted by Gasteiger charge is 2.21. The highest BCUT2D eigenvalue weighted by molar-refractivity contribution is 5.94. The molecule has 0 saturated carbocycles. The Kier molecular flexibility index (Phi) is 5.46. The van der Waals surface area contributed by atoms with Crippen molar-refractivity contribution in [3.05, 3.63) is 70.1 Å². The Bertz CT molecular complexity index is 979. The lowest BCUT2D eigenvalue weighted by molar-refractivity contribution is 0.0466. The number of nitrogens with zero attached hydrogens (tertiary/aromatic N) is 2. The molecule has 0 unspecified atom stereocenters. The number of rotatable bonds is 6. The third-order valence-electron chi connectivity index (χ3n) is 3.70. The fourth-order valence-electron chi connectivity index (χ4n) is 2.38.